The van der Waals surface area contributed by atoms with Crippen molar-refractivity contribution in [3.05, 3.63) is 64.6 Å². The third-order valence-electron chi connectivity index (χ3n) is 5.04. The average Bonchev–Trinajstić information content (AvgIpc) is 3.10. The topological polar surface area (TPSA) is 88.2 Å². The molecule has 1 saturated heterocycles. The predicted molar refractivity (Wildman–Crippen MR) is 141 cm³/mol. The number of likely N-dealkylation sites (N-methyl/N-ethyl adjacent to an activating group) is 1. The van der Waals surface area contributed by atoms with Crippen molar-refractivity contribution in [1.82, 2.24) is 9.80 Å². The SMILES string of the molecule is COc1ccccc1C=C1SC(=S)N(CCC(=O)Nc2ccc(C(=O)OCCN(C)C)cc2)C1=O. The van der Waals surface area contributed by atoms with E-state index in [-0.39, 0.29) is 24.8 Å². The molecule has 0 unspecified atom stereocenters. The Labute approximate surface area is 214 Å². The summed E-state index contributed by atoms with van der Waals surface area (Å²) in [7, 11) is 5.37. The second-order valence-electron chi connectivity index (χ2n) is 7.89. The minimum absolute atomic E-state index is 0.0721. The lowest BCUT2D eigenvalue weighted by Crippen LogP contribution is -2.31. The molecule has 0 aromatic heterocycles. The molecule has 8 nitrogen and oxygen atoms in total. The number of hydrogen-bond donors (Lipinski definition) is 1. The molecule has 2 aromatic rings. The molecule has 2 aromatic carbocycles. The van der Waals surface area contributed by atoms with Crippen molar-refractivity contribution < 1.29 is 23.9 Å². The van der Waals surface area contributed by atoms with Crippen LogP contribution >= 0.6 is 24.0 Å². The number of amides is 2. The first-order valence-electron chi connectivity index (χ1n) is 10.9. The second kappa shape index (κ2) is 12.5. The first-order chi connectivity index (χ1) is 16.8. The van der Waals surface area contributed by atoms with Gasteiger partial charge in [-0.1, -0.05) is 42.2 Å². The van der Waals surface area contributed by atoms with Crippen LogP contribution in [0, 0.1) is 0 Å². The van der Waals surface area contributed by atoms with Crippen LogP contribution in [0.25, 0.3) is 6.08 Å². The Morgan fingerprint density at radius 2 is 1.86 bits per heavy atom. The highest BCUT2D eigenvalue weighted by molar-refractivity contribution is 8.26. The molecule has 1 N–H and O–H groups in total. The molecule has 0 aliphatic carbocycles. The third kappa shape index (κ3) is 7.38. The summed E-state index contributed by atoms with van der Waals surface area (Å²) in [5, 5.41) is 2.77. The normalized spacial score (nSPS) is 14.5. The summed E-state index contributed by atoms with van der Waals surface area (Å²) in [5.74, 6) is -0.268. The average molecular weight is 514 g/mol. The zero-order chi connectivity index (χ0) is 25.4. The molecule has 1 heterocycles. The van der Waals surface area contributed by atoms with Gasteiger partial charge in [-0.25, -0.2) is 4.79 Å². The number of thiocarbonyl (C=S) groups is 1. The van der Waals surface area contributed by atoms with E-state index in [2.05, 4.69) is 5.32 Å². The van der Waals surface area contributed by atoms with Gasteiger partial charge < -0.3 is 19.7 Å². The Hall–Kier alpha value is -3.21. The maximum atomic E-state index is 12.8. The molecule has 35 heavy (non-hydrogen) atoms. The summed E-state index contributed by atoms with van der Waals surface area (Å²) < 4.78 is 10.9. The molecule has 1 aliphatic heterocycles. The van der Waals surface area contributed by atoms with E-state index in [1.807, 2.05) is 43.3 Å². The van der Waals surface area contributed by atoms with Gasteiger partial charge in [0.2, 0.25) is 5.91 Å². The van der Waals surface area contributed by atoms with Gasteiger partial charge in [0.1, 0.15) is 16.7 Å². The van der Waals surface area contributed by atoms with E-state index in [1.165, 1.54) is 16.7 Å². The predicted octanol–water partition coefficient (Wildman–Crippen LogP) is 3.64. The third-order valence-corrected chi connectivity index (χ3v) is 6.42. The minimum Gasteiger partial charge on any atom is -0.496 e. The van der Waals surface area contributed by atoms with Crippen LogP contribution in [0.4, 0.5) is 5.69 Å². The summed E-state index contributed by atoms with van der Waals surface area (Å²) in [6.07, 6.45) is 1.81. The summed E-state index contributed by atoms with van der Waals surface area (Å²) >= 11 is 6.55. The van der Waals surface area contributed by atoms with Gasteiger partial charge in [-0.3, -0.25) is 14.5 Å². The Kier molecular flexibility index (Phi) is 9.41. The number of carbonyl (C=O) groups is 3. The van der Waals surface area contributed by atoms with Crippen LogP contribution in [0.15, 0.2) is 53.4 Å². The van der Waals surface area contributed by atoms with Crippen molar-refractivity contribution in [2.75, 3.05) is 46.2 Å². The molecule has 1 aliphatic rings. The Bertz CT molecular complexity index is 1130. The van der Waals surface area contributed by atoms with Crippen molar-refractivity contribution in [3.63, 3.8) is 0 Å². The Morgan fingerprint density at radius 3 is 2.54 bits per heavy atom. The zero-order valence-electron chi connectivity index (χ0n) is 19.8. The van der Waals surface area contributed by atoms with Crippen molar-refractivity contribution in [1.29, 1.82) is 0 Å². The number of anilines is 1. The minimum atomic E-state index is -0.416. The number of esters is 1. The fourth-order valence-electron chi connectivity index (χ4n) is 3.15. The van der Waals surface area contributed by atoms with E-state index >= 15 is 0 Å². The van der Waals surface area contributed by atoms with Crippen molar-refractivity contribution in [2.45, 2.75) is 6.42 Å². The first kappa shape index (κ1) is 26.4. The number of thioether (sulfide) groups is 1. The molecule has 10 heteroatoms. The van der Waals surface area contributed by atoms with Crippen molar-refractivity contribution in [2.24, 2.45) is 0 Å². The summed E-state index contributed by atoms with van der Waals surface area (Å²) in [6, 6.07) is 13.8. The van der Waals surface area contributed by atoms with Gasteiger partial charge in [0.25, 0.3) is 5.91 Å². The van der Waals surface area contributed by atoms with Crippen LogP contribution < -0.4 is 10.1 Å². The summed E-state index contributed by atoms with van der Waals surface area (Å²) in [6.45, 7) is 1.10. The number of para-hydroxylation sites is 1. The number of benzene rings is 2. The van der Waals surface area contributed by atoms with E-state index in [0.29, 0.717) is 39.4 Å². The highest BCUT2D eigenvalue weighted by Crippen LogP contribution is 2.34. The van der Waals surface area contributed by atoms with E-state index < -0.39 is 5.97 Å². The standard InChI is InChI=1S/C25H27N3O5S2/c1-27(2)14-15-33-24(31)17-8-10-19(11-9-17)26-22(29)12-13-28-23(30)21(35-25(28)34)16-18-6-4-5-7-20(18)32-3/h4-11,16H,12-15H2,1-3H3,(H,26,29). The first-order valence-corrected chi connectivity index (χ1v) is 12.1. The van der Waals surface area contributed by atoms with Crippen LogP contribution in [-0.2, 0) is 14.3 Å². The molecule has 2 amide bonds. The maximum Gasteiger partial charge on any atom is 0.338 e. The monoisotopic (exact) mass is 513 g/mol. The quantitative estimate of drug-likeness (QED) is 0.293. The fraction of sp³-hybridized carbons (Fsp3) is 0.280. The van der Waals surface area contributed by atoms with Crippen LogP contribution in [0.5, 0.6) is 5.75 Å². The highest BCUT2D eigenvalue weighted by Gasteiger charge is 2.32. The van der Waals surface area contributed by atoms with Crippen molar-refractivity contribution in [3.8, 4) is 5.75 Å². The van der Waals surface area contributed by atoms with Gasteiger partial charge in [-0.2, -0.15) is 0 Å². The van der Waals surface area contributed by atoms with Gasteiger partial charge in [0.05, 0.1) is 17.6 Å². The van der Waals surface area contributed by atoms with E-state index in [0.717, 1.165) is 5.56 Å². The zero-order valence-corrected chi connectivity index (χ0v) is 21.4. The lowest BCUT2D eigenvalue weighted by molar-refractivity contribution is -0.122. The molecule has 1 fully saturated rings. The van der Waals surface area contributed by atoms with E-state index in [4.69, 9.17) is 21.7 Å². The lowest BCUT2D eigenvalue weighted by Gasteiger charge is -2.14. The van der Waals surface area contributed by atoms with Gasteiger partial charge >= 0.3 is 5.97 Å². The van der Waals surface area contributed by atoms with Crippen LogP contribution in [0.3, 0.4) is 0 Å². The number of hydrogen-bond acceptors (Lipinski definition) is 8. The maximum absolute atomic E-state index is 12.8. The van der Waals surface area contributed by atoms with Gasteiger partial charge in [0.15, 0.2) is 0 Å². The lowest BCUT2D eigenvalue weighted by atomic mass is 10.2. The number of nitrogens with one attached hydrogen (secondary N) is 1. The van der Waals surface area contributed by atoms with Gasteiger partial charge in [-0.15, -0.1) is 0 Å². The summed E-state index contributed by atoms with van der Waals surface area (Å²) in [5.41, 5.74) is 1.72. The number of methoxy groups -OCH3 is 1. The fourth-order valence-corrected chi connectivity index (χ4v) is 4.45. The largest absolute Gasteiger partial charge is 0.496 e. The van der Waals surface area contributed by atoms with Gasteiger partial charge in [0, 0.05) is 30.8 Å². The molecule has 3 rings (SSSR count). The van der Waals surface area contributed by atoms with Crippen LogP contribution in [0.1, 0.15) is 22.3 Å². The van der Waals surface area contributed by atoms with Gasteiger partial charge in [-0.05, 0) is 50.5 Å². The highest BCUT2D eigenvalue weighted by atomic mass is 32.2. The number of carbonyl (C=O) groups excluding carboxylic acids is 3. The summed E-state index contributed by atoms with van der Waals surface area (Å²) in [4.78, 5) is 41.2. The number of nitrogens with zero attached hydrogens (tertiary/aromatic N) is 2. The van der Waals surface area contributed by atoms with E-state index in [9.17, 15) is 14.4 Å². The molecule has 0 bridgehead atoms. The van der Waals surface area contributed by atoms with Crippen molar-refractivity contribution >= 4 is 57.8 Å². The Morgan fingerprint density at radius 1 is 1.14 bits per heavy atom. The molecule has 0 radical (unpaired) electrons. The smallest absolute Gasteiger partial charge is 0.338 e. The molecular formula is C25H27N3O5S2. The second-order valence-corrected chi connectivity index (χ2v) is 9.57. The molecule has 0 saturated carbocycles. The Balaban J connectivity index is 1.52. The molecule has 0 atom stereocenters. The molecule has 0 spiro atoms. The number of ether oxygens (including phenoxy) is 2. The van der Waals surface area contributed by atoms with Crippen LogP contribution in [-0.4, -0.2) is 72.8 Å². The molecule has 184 valence electrons. The number of rotatable bonds is 10. The van der Waals surface area contributed by atoms with E-state index in [1.54, 1.807) is 37.5 Å². The van der Waals surface area contributed by atoms with Crippen LogP contribution in [0.2, 0.25) is 0 Å². The molecular weight excluding hydrogens is 486 g/mol.